The Morgan fingerprint density at radius 2 is 2.13 bits per heavy atom. The number of hydrogen-bond acceptors (Lipinski definition) is 2. The van der Waals surface area contributed by atoms with E-state index >= 15 is 0 Å². The Bertz CT molecular complexity index is 677. The van der Waals surface area contributed by atoms with Crippen molar-refractivity contribution in [3.63, 3.8) is 0 Å². The largest absolute Gasteiger partial charge is 0.368 e. The second kappa shape index (κ2) is 6.73. The quantitative estimate of drug-likeness (QED) is 0.806. The number of benzene rings is 1. The lowest BCUT2D eigenvalue weighted by molar-refractivity contribution is 0.507. The van der Waals surface area contributed by atoms with Crippen molar-refractivity contribution in [3.05, 3.63) is 35.9 Å². The van der Waals surface area contributed by atoms with Gasteiger partial charge in [0.2, 0.25) is 0 Å². The van der Waals surface area contributed by atoms with Crippen molar-refractivity contribution in [3.8, 4) is 11.1 Å². The number of halogens is 1. The highest BCUT2D eigenvalue weighted by Gasteiger charge is 2.24. The van der Waals surface area contributed by atoms with E-state index in [4.69, 9.17) is 0 Å². The highest BCUT2D eigenvalue weighted by atomic mass is 19.1. The van der Waals surface area contributed by atoms with Gasteiger partial charge in [0.05, 0.1) is 6.20 Å². The third-order valence-corrected chi connectivity index (χ3v) is 4.87. The van der Waals surface area contributed by atoms with E-state index in [-0.39, 0.29) is 5.82 Å². The van der Waals surface area contributed by atoms with E-state index in [9.17, 15) is 4.39 Å². The van der Waals surface area contributed by atoms with Gasteiger partial charge < -0.3 is 4.90 Å². The maximum absolute atomic E-state index is 14.7. The lowest BCUT2D eigenvalue weighted by Crippen LogP contribution is -2.38. The monoisotopic (exact) mass is 315 g/mol. The third-order valence-electron chi connectivity index (χ3n) is 4.87. The fraction of sp³-hybridized carbons (Fsp3) is 0.526. The van der Waals surface area contributed by atoms with Crippen molar-refractivity contribution >= 4 is 5.69 Å². The molecule has 1 unspecified atom stereocenters. The van der Waals surface area contributed by atoms with E-state index in [1.807, 2.05) is 19.3 Å². The number of aromatic nitrogens is 2. The van der Waals surface area contributed by atoms with Crippen LogP contribution in [0.2, 0.25) is 0 Å². The predicted octanol–water partition coefficient (Wildman–Crippen LogP) is 4.56. The Hall–Kier alpha value is -1.84. The molecule has 0 spiro atoms. The molecule has 0 saturated carbocycles. The lowest BCUT2D eigenvalue weighted by atomic mass is 9.94. The van der Waals surface area contributed by atoms with Crippen LogP contribution in [0.3, 0.4) is 0 Å². The number of fused-ring (bicyclic) bond motifs is 1. The minimum atomic E-state index is -0.144. The van der Waals surface area contributed by atoms with Crippen LogP contribution in [0.25, 0.3) is 11.1 Å². The van der Waals surface area contributed by atoms with Crippen LogP contribution in [0.4, 0.5) is 10.1 Å². The van der Waals surface area contributed by atoms with Gasteiger partial charge in [0, 0.05) is 42.6 Å². The van der Waals surface area contributed by atoms with Crippen molar-refractivity contribution in [1.82, 2.24) is 9.78 Å². The molecule has 0 aliphatic carbocycles. The number of anilines is 1. The van der Waals surface area contributed by atoms with Crippen molar-refractivity contribution in [2.75, 3.05) is 11.4 Å². The van der Waals surface area contributed by atoms with Gasteiger partial charge in [-0.25, -0.2) is 4.39 Å². The average molecular weight is 315 g/mol. The summed E-state index contributed by atoms with van der Waals surface area (Å²) in [5.74, 6) is -0.144. The van der Waals surface area contributed by atoms with Crippen LogP contribution in [-0.2, 0) is 13.5 Å². The van der Waals surface area contributed by atoms with E-state index in [0.717, 1.165) is 37.1 Å². The van der Waals surface area contributed by atoms with Crippen LogP contribution in [0.5, 0.6) is 0 Å². The minimum absolute atomic E-state index is 0.144. The van der Waals surface area contributed by atoms with Gasteiger partial charge in [0.15, 0.2) is 0 Å². The second-order valence-corrected chi connectivity index (χ2v) is 6.51. The molecule has 1 aliphatic rings. The van der Waals surface area contributed by atoms with Crippen molar-refractivity contribution in [2.24, 2.45) is 7.05 Å². The number of hydrogen-bond donors (Lipinski definition) is 0. The molecule has 1 atom stereocenters. The van der Waals surface area contributed by atoms with Crippen LogP contribution >= 0.6 is 0 Å². The first-order valence-corrected chi connectivity index (χ1v) is 8.72. The number of aryl methyl sites for hydroxylation is 2. The molecule has 2 aromatic rings. The third kappa shape index (κ3) is 3.12. The molecule has 0 N–H and O–H groups in total. The molecule has 2 heterocycles. The lowest BCUT2D eigenvalue weighted by Gasteiger charge is -2.38. The molecule has 0 amide bonds. The molecule has 0 bridgehead atoms. The van der Waals surface area contributed by atoms with Gasteiger partial charge in [0.25, 0.3) is 0 Å². The SMILES string of the molecule is CCCC(CC)N1CCCc2cc(-c3cnn(C)c3)c(F)cc21. The van der Waals surface area contributed by atoms with Crippen LogP contribution in [-0.4, -0.2) is 22.4 Å². The molecular formula is C19H26FN3. The zero-order chi connectivity index (χ0) is 16.4. The van der Waals surface area contributed by atoms with Gasteiger partial charge >= 0.3 is 0 Å². The topological polar surface area (TPSA) is 21.1 Å². The van der Waals surface area contributed by atoms with Gasteiger partial charge in [-0.15, -0.1) is 0 Å². The van der Waals surface area contributed by atoms with E-state index in [2.05, 4.69) is 23.8 Å². The fourth-order valence-electron chi connectivity index (χ4n) is 3.71. The first kappa shape index (κ1) is 16.0. The number of rotatable bonds is 5. The van der Waals surface area contributed by atoms with Gasteiger partial charge in [-0.3, -0.25) is 4.68 Å². The zero-order valence-electron chi connectivity index (χ0n) is 14.3. The van der Waals surface area contributed by atoms with Crippen LogP contribution in [0.1, 0.15) is 45.1 Å². The van der Waals surface area contributed by atoms with E-state index in [0.29, 0.717) is 11.6 Å². The summed E-state index contributed by atoms with van der Waals surface area (Å²) < 4.78 is 16.5. The summed E-state index contributed by atoms with van der Waals surface area (Å²) in [6, 6.07) is 4.30. The van der Waals surface area contributed by atoms with Gasteiger partial charge in [-0.2, -0.15) is 5.10 Å². The first-order valence-electron chi connectivity index (χ1n) is 8.72. The molecule has 1 aromatic carbocycles. The van der Waals surface area contributed by atoms with Crippen LogP contribution in [0.15, 0.2) is 24.5 Å². The molecular weight excluding hydrogens is 289 g/mol. The van der Waals surface area contributed by atoms with Gasteiger partial charge in [-0.05, 0) is 43.4 Å². The summed E-state index contributed by atoms with van der Waals surface area (Å²) in [5, 5.41) is 4.17. The molecule has 23 heavy (non-hydrogen) atoms. The Morgan fingerprint density at radius 3 is 2.78 bits per heavy atom. The smallest absolute Gasteiger partial charge is 0.133 e. The van der Waals surface area contributed by atoms with Gasteiger partial charge in [0.1, 0.15) is 5.82 Å². The number of nitrogens with zero attached hydrogens (tertiary/aromatic N) is 3. The minimum Gasteiger partial charge on any atom is -0.368 e. The first-order chi connectivity index (χ1) is 11.1. The van der Waals surface area contributed by atoms with E-state index in [1.54, 1.807) is 16.9 Å². The standard InChI is InChI=1S/C19H26FN3/c1-4-7-16(5-2)23-9-6-8-14-10-17(18(20)11-19(14)23)15-12-21-22(3)13-15/h10-13,16H,4-9H2,1-3H3. The molecule has 0 fully saturated rings. The predicted molar refractivity (Wildman–Crippen MR) is 93.3 cm³/mol. The fourth-order valence-corrected chi connectivity index (χ4v) is 3.71. The van der Waals surface area contributed by atoms with E-state index < -0.39 is 0 Å². The molecule has 124 valence electrons. The molecule has 0 radical (unpaired) electrons. The average Bonchev–Trinajstić information content (AvgIpc) is 2.98. The maximum Gasteiger partial charge on any atom is 0.133 e. The summed E-state index contributed by atoms with van der Waals surface area (Å²) >= 11 is 0. The molecule has 3 rings (SSSR count). The normalized spacial score (nSPS) is 15.6. The maximum atomic E-state index is 14.7. The summed E-state index contributed by atoms with van der Waals surface area (Å²) in [6.07, 6.45) is 9.23. The van der Waals surface area contributed by atoms with E-state index in [1.165, 1.54) is 18.4 Å². The highest BCUT2D eigenvalue weighted by molar-refractivity contribution is 5.70. The molecule has 1 aromatic heterocycles. The van der Waals surface area contributed by atoms with Gasteiger partial charge in [-0.1, -0.05) is 20.3 Å². The van der Waals surface area contributed by atoms with Crippen molar-refractivity contribution in [2.45, 2.75) is 52.0 Å². The van der Waals surface area contributed by atoms with Crippen molar-refractivity contribution < 1.29 is 4.39 Å². The van der Waals surface area contributed by atoms with Crippen molar-refractivity contribution in [1.29, 1.82) is 0 Å². The summed E-state index contributed by atoms with van der Waals surface area (Å²) in [7, 11) is 1.86. The summed E-state index contributed by atoms with van der Waals surface area (Å²) in [5.41, 5.74) is 3.89. The zero-order valence-corrected chi connectivity index (χ0v) is 14.3. The Labute approximate surface area is 138 Å². The molecule has 3 nitrogen and oxygen atoms in total. The summed E-state index contributed by atoms with van der Waals surface area (Å²) in [6.45, 7) is 5.49. The molecule has 4 heteroatoms. The Balaban J connectivity index is 2.00. The summed E-state index contributed by atoms with van der Waals surface area (Å²) in [4.78, 5) is 2.43. The Kier molecular flexibility index (Phi) is 4.69. The van der Waals surface area contributed by atoms with Crippen LogP contribution < -0.4 is 4.90 Å². The highest BCUT2D eigenvalue weighted by Crippen LogP contribution is 2.35. The second-order valence-electron chi connectivity index (χ2n) is 6.51. The molecule has 1 aliphatic heterocycles. The Morgan fingerprint density at radius 1 is 1.30 bits per heavy atom. The molecule has 0 saturated heterocycles. The van der Waals surface area contributed by atoms with Crippen LogP contribution in [0, 0.1) is 5.82 Å².